The van der Waals surface area contributed by atoms with Gasteiger partial charge >= 0.3 is 0 Å². The van der Waals surface area contributed by atoms with Gasteiger partial charge in [-0.3, -0.25) is 25.1 Å². The molecule has 1 aliphatic heterocycles. The molecule has 0 aliphatic carbocycles. The Hall–Kier alpha value is -2.90. The summed E-state index contributed by atoms with van der Waals surface area (Å²) >= 11 is 11.6. The Kier molecular flexibility index (Phi) is 4.43. The number of hydrazine groups is 1. The molecule has 1 aliphatic rings. The number of carbonyl (C=O) groups is 2. The van der Waals surface area contributed by atoms with Gasteiger partial charge in [0.05, 0.1) is 10.6 Å². The third kappa shape index (κ3) is 3.33. The Morgan fingerprint density at radius 1 is 1.08 bits per heavy atom. The van der Waals surface area contributed by atoms with Gasteiger partial charge in [-0.25, -0.2) is 5.01 Å². The first kappa shape index (κ1) is 16.9. The van der Waals surface area contributed by atoms with Crippen LogP contribution in [0.15, 0.2) is 48.0 Å². The van der Waals surface area contributed by atoms with E-state index in [0.29, 0.717) is 16.3 Å². The lowest BCUT2D eigenvalue weighted by atomic mass is 10.1. The van der Waals surface area contributed by atoms with Crippen LogP contribution in [0.4, 0.5) is 11.4 Å². The minimum atomic E-state index is -0.638. The second-order valence-electron chi connectivity index (χ2n) is 5.08. The summed E-state index contributed by atoms with van der Waals surface area (Å²) in [5, 5.41) is 12.5. The van der Waals surface area contributed by atoms with E-state index in [1.165, 1.54) is 24.3 Å². The number of nitro groups is 1. The fraction of sp³-hybridized carbons (Fsp3) is 0. The number of benzene rings is 2. The largest absolute Gasteiger partial charge is 0.288 e. The molecule has 1 N–H and O–H groups in total. The summed E-state index contributed by atoms with van der Waals surface area (Å²) in [6.07, 6.45) is 1.27. The van der Waals surface area contributed by atoms with Crippen molar-refractivity contribution in [3.8, 4) is 0 Å². The van der Waals surface area contributed by atoms with E-state index >= 15 is 0 Å². The Morgan fingerprint density at radius 3 is 2.40 bits per heavy atom. The van der Waals surface area contributed by atoms with E-state index in [2.05, 4.69) is 5.43 Å². The average Bonchev–Trinajstić information content (AvgIpc) is 2.85. The Morgan fingerprint density at radius 2 is 1.76 bits per heavy atom. The van der Waals surface area contributed by atoms with Gasteiger partial charge in [0.15, 0.2) is 0 Å². The van der Waals surface area contributed by atoms with Crippen LogP contribution in [-0.2, 0) is 9.59 Å². The zero-order valence-electron chi connectivity index (χ0n) is 12.4. The highest BCUT2D eigenvalue weighted by atomic mass is 35.5. The van der Waals surface area contributed by atoms with Crippen LogP contribution in [0.3, 0.4) is 0 Å². The lowest BCUT2D eigenvalue weighted by Crippen LogP contribution is -2.35. The van der Waals surface area contributed by atoms with Crippen LogP contribution in [0.2, 0.25) is 10.0 Å². The molecule has 0 bridgehead atoms. The van der Waals surface area contributed by atoms with Crippen molar-refractivity contribution in [2.75, 3.05) is 5.01 Å². The van der Waals surface area contributed by atoms with Gasteiger partial charge in [-0.1, -0.05) is 29.3 Å². The summed E-state index contributed by atoms with van der Waals surface area (Å²) in [7, 11) is 0. The maximum absolute atomic E-state index is 12.5. The van der Waals surface area contributed by atoms with Gasteiger partial charge in [-0.15, -0.1) is 0 Å². The van der Waals surface area contributed by atoms with E-state index in [-0.39, 0.29) is 16.3 Å². The first-order chi connectivity index (χ1) is 11.9. The fourth-order valence-corrected chi connectivity index (χ4v) is 2.57. The summed E-state index contributed by atoms with van der Waals surface area (Å²) in [4.78, 5) is 34.9. The van der Waals surface area contributed by atoms with E-state index in [1.54, 1.807) is 24.3 Å². The lowest BCUT2D eigenvalue weighted by molar-refractivity contribution is -0.384. The molecule has 0 unspecified atom stereocenters. The van der Waals surface area contributed by atoms with E-state index in [1.807, 2.05) is 0 Å². The highest BCUT2D eigenvalue weighted by Crippen LogP contribution is 2.27. The van der Waals surface area contributed by atoms with Crippen molar-refractivity contribution in [2.24, 2.45) is 0 Å². The highest BCUT2D eigenvalue weighted by molar-refractivity contribution is 6.33. The van der Waals surface area contributed by atoms with E-state index in [9.17, 15) is 19.7 Å². The molecular formula is C16H9Cl2N3O4. The van der Waals surface area contributed by atoms with Gasteiger partial charge in [0, 0.05) is 11.1 Å². The number of hydrogen-bond acceptors (Lipinski definition) is 4. The number of nitrogens with one attached hydrogen (secondary N) is 1. The maximum Gasteiger partial charge on any atom is 0.288 e. The monoisotopic (exact) mass is 377 g/mol. The zero-order chi connectivity index (χ0) is 18.1. The predicted molar refractivity (Wildman–Crippen MR) is 93.2 cm³/mol. The molecule has 2 amide bonds. The Bertz CT molecular complexity index is 925. The zero-order valence-corrected chi connectivity index (χ0v) is 13.9. The molecule has 7 nitrogen and oxygen atoms in total. The molecule has 1 heterocycles. The topological polar surface area (TPSA) is 92.6 Å². The number of anilines is 1. The van der Waals surface area contributed by atoms with Gasteiger partial charge in [-0.2, -0.15) is 0 Å². The average molecular weight is 378 g/mol. The van der Waals surface area contributed by atoms with E-state index in [4.69, 9.17) is 23.2 Å². The van der Waals surface area contributed by atoms with Gasteiger partial charge in [0.1, 0.15) is 10.6 Å². The molecule has 3 rings (SSSR count). The number of rotatable bonds is 3. The molecule has 2 aromatic rings. The highest BCUT2D eigenvalue weighted by Gasteiger charge is 2.34. The van der Waals surface area contributed by atoms with Crippen LogP contribution in [0, 0.1) is 10.1 Å². The van der Waals surface area contributed by atoms with Crippen LogP contribution >= 0.6 is 23.2 Å². The molecule has 1 fully saturated rings. The third-order valence-corrected chi connectivity index (χ3v) is 4.03. The lowest BCUT2D eigenvalue weighted by Gasteiger charge is -2.14. The second-order valence-corrected chi connectivity index (χ2v) is 5.93. The first-order valence-electron chi connectivity index (χ1n) is 6.93. The molecule has 126 valence electrons. The first-order valence-corrected chi connectivity index (χ1v) is 7.69. The van der Waals surface area contributed by atoms with Gasteiger partial charge in [0.25, 0.3) is 17.5 Å². The van der Waals surface area contributed by atoms with E-state index < -0.39 is 16.7 Å². The van der Waals surface area contributed by atoms with Crippen LogP contribution in [0.5, 0.6) is 0 Å². The van der Waals surface area contributed by atoms with Crippen molar-refractivity contribution >= 4 is 52.5 Å². The maximum atomic E-state index is 12.5. The van der Waals surface area contributed by atoms with Crippen molar-refractivity contribution in [1.82, 2.24) is 5.43 Å². The number of nitro benzene ring substituents is 1. The van der Waals surface area contributed by atoms with Crippen LogP contribution < -0.4 is 10.4 Å². The fourth-order valence-electron chi connectivity index (χ4n) is 2.26. The summed E-state index contributed by atoms with van der Waals surface area (Å²) in [6, 6.07) is 10.3. The molecule has 0 aromatic heterocycles. The second kappa shape index (κ2) is 6.54. The van der Waals surface area contributed by atoms with Crippen molar-refractivity contribution in [3.63, 3.8) is 0 Å². The minimum absolute atomic E-state index is 0.0304. The van der Waals surface area contributed by atoms with E-state index in [0.717, 1.165) is 5.01 Å². The van der Waals surface area contributed by atoms with Crippen LogP contribution in [0.25, 0.3) is 6.08 Å². The quantitative estimate of drug-likeness (QED) is 0.384. The summed E-state index contributed by atoms with van der Waals surface area (Å²) in [5.74, 6) is -1.19. The minimum Gasteiger partial charge on any atom is -0.267 e. The molecule has 0 atom stereocenters. The van der Waals surface area contributed by atoms with Crippen molar-refractivity contribution in [1.29, 1.82) is 0 Å². The molecule has 0 spiro atoms. The van der Waals surface area contributed by atoms with Crippen LogP contribution in [0.1, 0.15) is 5.56 Å². The van der Waals surface area contributed by atoms with Crippen molar-refractivity contribution in [2.45, 2.75) is 0 Å². The van der Waals surface area contributed by atoms with Crippen molar-refractivity contribution in [3.05, 3.63) is 73.8 Å². The molecule has 0 radical (unpaired) electrons. The molecule has 25 heavy (non-hydrogen) atoms. The number of halogens is 2. The van der Waals surface area contributed by atoms with Gasteiger partial charge in [-0.05, 0) is 42.0 Å². The normalized spacial score (nSPS) is 15.6. The predicted octanol–water partition coefficient (Wildman–Crippen LogP) is 3.36. The van der Waals surface area contributed by atoms with Gasteiger partial charge in [0.2, 0.25) is 0 Å². The summed E-state index contributed by atoms with van der Waals surface area (Å²) in [5.41, 5.74) is 2.73. The number of amides is 2. The van der Waals surface area contributed by atoms with Gasteiger partial charge < -0.3 is 0 Å². The molecule has 1 saturated heterocycles. The summed E-state index contributed by atoms with van der Waals surface area (Å²) in [6.45, 7) is 0. The number of nitrogens with zero attached hydrogens (tertiary/aromatic N) is 2. The standard InChI is InChI=1S/C16H9Cl2N3O4/c17-10-2-4-11(5-3-10)20-16(23)12(15(22)19-20)7-9-1-6-13(18)14(8-9)21(24)25/h1-8H,(H,19,22). The number of carbonyl (C=O) groups excluding carboxylic acids is 2. The molecular weight excluding hydrogens is 369 g/mol. The Balaban J connectivity index is 1.95. The molecule has 0 saturated carbocycles. The van der Waals surface area contributed by atoms with Crippen molar-refractivity contribution < 1.29 is 14.5 Å². The Labute approximate surface area is 151 Å². The number of hydrogen-bond donors (Lipinski definition) is 1. The third-order valence-electron chi connectivity index (χ3n) is 3.45. The smallest absolute Gasteiger partial charge is 0.267 e. The molecule has 2 aromatic carbocycles. The SMILES string of the molecule is O=C1NN(c2ccc(Cl)cc2)C(=O)C1=Cc1ccc(Cl)c([N+](=O)[O-])c1. The van der Waals surface area contributed by atoms with Crippen LogP contribution in [-0.4, -0.2) is 16.7 Å². The molecule has 9 heteroatoms. The summed E-state index contributed by atoms with van der Waals surface area (Å²) < 4.78 is 0.